The van der Waals surface area contributed by atoms with Crippen LogP contribution in [0.2, 0.25) is 0 Å². The van der Waals surface area contributed by atoms with E-state index in [1.807, 2.05) is 7.05 Å². The Morgan fingerprint density at radius 1 is 1.00 bits per heavy atom. The summed E-state index contributed by atoms with van der Waals surface area (Å²) >= 11 is 0. The Morgan fingerprint density at radius 2 is 1.68 bits per heavy atom. The molecule has 5 nitrogen and oxygen atoms in total. The van der Waals surface area contributed by atoms with Crippen molar-refractivity contribution in [1.82, 2.24) is 15.5 Å². The molecule has 2 aromatic carbocycles. The highest BCUT2D eigenvalue weighted by Gasteiger charge is 2.10. The number of guanidine groups is 1. The molecule has 0 aromatic heterocycles. The lowest BCUT2D eigenvalue weighted by molar-refractivity contribution is 0.0342. The van der Waals surface area contributed by atoms with Crippen molar-refractivity contribution in [2.24, 2.45) is 4.99 Å². The highest BCUT2D eigenvalue weighted by molar-refractivity contribution is 5.79. The largest absolute Gasteiger partial charge is 0.379 e. The first-order valence-electron chi connectivity index (χ1n) is 10.1. The number of benzene rings is 2. The second-order valence-corrected chi connectivity index (χ2v) is 7.32. The van der Waals surface area contributed by atoms with Gasteiger partial charge >= 0.3 is 0 Å². The molecule has 1 heterocycles. The molecule has 1 aliphatic heterocycles. The van der Waals surface area contributed by atoms with E-state index < -0.39 is 0 Å². The number of hydrogen-bond acceptors (Lipinski definition) is 3. The molecule has 0 aliphatic carbocycles. The molecule has 1 saturated heterocycles. The second-order valence-electron chi connectivity index (χ2n) is 7.32. The van der Waals surface area contributed by atoms with E-state index in [1.165, 1.54) is 16.7 Å². The lowest BCUT2D eigenvalue weighted by Crippen LogP contribution is -2.38. The molecule has 1 atom stereocenters. The van der Waals surface area contributed by atoms with Gasteiger partial charge in [-0.1, -0.05) is 61.5 Å². The van der Waals surface area contributed by atoms with Gasteiger partial charge in [0.15, 0.2) is 5.96 Å². The van der Waals surface area contributed by atoms with Crippen molar-refractivity contribution in [1.29, 1.82) is 0 Å². The normalized spacial score (nSPS) is 16.6. The van der Waals surface area contributed by atoms with Crippen LogP contribution in [0.1, 0.15) is 29.5 Å². The van der Waals surface area contributed by atoms with Crippen LogP contribution < -0.4 is 10.6 Å². The zero-order chi connectivity index (χ0) is 19.6. The summed E-state index contributed by atoms with van der Waals surface area (Å²) in [5.74, 6) is 1.26. The minimum atomic E-state index is 0.430. The van der Waals surface area contributed by atoms with Crippen LogP contribution in [0.4, 0.5) is 0 Å². The molecule has 2 N–H and O–H groups in total. The van der Waals surface area contributed by atoms with Crippen LogP contribution in [0.5, 0.6) is 0 Å². The molecule has 2 aromatic rings. The molecule has 3 rings (SSSR count). The first kappa shape index (κ1) is 20.4. The molecule has 1 fully saturated rings. The molecule has 1 unspecified atom stereocenters. The quantitative estimate of drug-likeness (QED) is 0.573. The molecule has 0 amide bonds. The van der Waals surface area contributed by atoms with E-state index in [0.717, 1.165) is 51.9 Å². The van der Waals surface area contributed by atoms with Crippen LogP contribution in [0.25, 0.3) is 0 Å². The minimum Gasteiger partial charge on any atom is -0.379 e. The van der Waals surface area contributed by atoms with Gasteiger partial charge in [-0.25, -0.2) is 0 Å². The Bertz CT molecular complexity index is 724. The van der Waals surface area contributed by atoms with Crippen molar-refractivity contribution in [2.75, 3.05) is 39.9 Å². The third kappa shape index (κ3) is 6.36. The lowest BCUT2D eigenvalue weighted by atomic mass is 10.0. The number of aliphatic imine (C=N–C) groups is 1. The summed E-state index contributed by atoms with van der Waals surface area (Å²) < 4.78 is 5.41. The van der Waals surface area contributed by atoms with Gasteiger partial charge in [-0.05, 0) is 22.6 Å². The van der Waals surface area contributed by atoms with E-state index in [0.29, 0.717) is 5.92 Å². The maximum Gasteiger partial charge on any atom is 0.191 e. The molecule has 28 heavy (non-hydrogen) atoms. The first-order chi connectivity index (χ1) is 13.7. The van der Waals surface area contributed by atoms with E-state index in [-0.39, 0.29) is 0 Å². The number of morpholine rings is 1. The standard InChI is InChI=1S/C23H32N4O/c1-19(22-6-4-3-5-7-22)16-25-23(24-2)26-17-20-8-10-21(11-9-20)18-27-12-14-28-15-13-27/h3-11,19H,12-18H2,1-2H3,(H2,24,25,26). The predicted octanol–water partition coefficient (Wildman–Crippen LogP) is 2.99. The minimum absolute atomic E-state index is 0.430. The van der Waals surface area contributed by atoms with Gasteiger partial charge in [0.1, 0.15) is 0 Å². The van der Waals surface area contributed by atoms with E-state index in [4.69, 9.17) is 4.74 Å². The molecule has 0 saturated carbocycles. The van der Waals surface area contributed by atoms with Crippen LogP contribution in [0.15, 0.2) is 59.6 Å². The number of hydrogen-bond donors (Lipinski definition) is 2. The van der Waals surface area contributed by atoms with Crippen molar-refractivity contribution in [3.63, 3.8) is 0 Å². The highest BCUT2D eigenvalue weighted by atomic mass is 16.5. The molecule has 0 radical (unpaired) electrons. The summed E-state index contributed by atoms with van der Waals surface area (Å²) in [6, 6.07) is 19.4. The number of nitrogens with one attached hydrogen (secondary N) is 2. The fourth-order valence-corrected chi connectivity index (χ4v) is 3.34. The summed E-state index contributed by atoms with van der Waals surface area (Å²) in [7, 11) is 1.81. The third-order valence-electron chi connectivity index (χ3n) is 5.16. The van der Waals surface area contributed by atoms with Gasteiger partial charge in [0, 0.05) is 39.8 Å². The Hall–Kier alpha value is -2.37. The molecule has 5 heteroatoms. The van der Waals surface area contributed by atoms with Crippen LogP contribution in [-0.2, 0) is 17.8 Å². The van der Waals surface area contributed by atoms with Crippen LogP contribution in [0, 0.1) is 0 Å². The highest BCUT2D eigenvalue weighted by Crippen LogP contribution is 2.13. The summed E-state index contributed by atoms with van der Waals surface area (Å²) in [6.07, 6.45) is 0. The smallest absolute Gasteiger partial charge is 0.191 e. The van der Waals surface area contributed by atoms with Gasteiger partial charge in [-0.2, -0.15) is 0 Å². The maximum absolute atomic E-state index is 5.41. The van der Waals surface area contributed by atoms with Crippen molar-refractivity contribution in [3.05, 3.63) is 71.3 Å². The molecule has 0 bridgehead atoms. The fraction of sp³-hybridized carbons (Fsp3) is 0.435. The lowest BCUT2D eigenvalue weighted by Gasteiger charge is -2.26. The zero-order valence-corrected chi connectivity index (χ0v) is 17.0. The van der Waals surface area contributed by atoms with Gasteiger partial charge in [0.05, 0.1) is 13.2 Å². The van der Waals surface area contributed by atoms with Crippen LogP contribution in [0.3, 0.4) is 0 Å². The summed E-state index contributed by atoms with van der Waals surface area (Å²) in [4.78, 5) is 6.78. The Kier molecular flexibility index (Phi) is 7.88. The van der Waals surface area contributed by atoms with Gasteiger partial charge < -0.3 is 15.4 Å². The van der Waals surface area contributed by atoms with E-state index in [2.05, 4.69) is 82.0 Å². The Morgan fingerprint density at radius 3 is 2.36 bits per heavy atom. The van der Waals surface area contributed by atoms with Crippen LogP contribution >= 0.6 is 0 Å². The third-order valence-corrected chi connectivity index (χ3v) is 5.16. The van der Waals surface area contributed by atoms with Gasteiger partial charge in [0.25, 0.3) is 0 Å². The number of nitrogens with zero attached hydrogens (tertiary/aromatic N) is 2. The van der Waals surface area contributed by atoms with Gasteiger partial charge in [-0.15, -0.1) is 0 Å². The summed E-state index contributed by atoms with van der Waals surface area (Å²) in [5, 5.41) is 6.83. The summed E-state index contributed by atoms with van der Waals surface area (Å²) in [6.45, 7) is 8.56. The second kappa shape index (κ2) is 10.8. The number of rotatable bonds is 7. The topological polar surface area (TPSA) is 48.9 Å². The van der Waals surface area contributed by atoms with Crippen molar-refractivity contribution in [2.45, 2.75) is 25.9 Å². The maximum atomic E-state index is 5.41. The Labute approximate surface area is 168 Å². The van der Waals surface area contributed by atoms with Crippen molar-refractivity contribution >= 4 is 5.96 Å². The van der Waals surface area contributed by atoms with E-state index in [9.17, 15) is 0 Å². The molecule has 0 spiro atoms. The first-order valence-corrected chi connectivity index (χ1v) is 10.1. The van der Waals surface area contributed by atoms with Crippen LogP contribution in [-0.4, -0.2) is 50.8 Å². The van der Waals surface area contributed by atoms with E-state index >= 15 is 0 Å². The molecule has 150 valence electrons. The average Bonchev–Trinajstić information content (AvgIpc) is 2.76. The summed E-state index contributed by atoms with van der Waals surface area (Å²) in [5.41, 5.74) is 3.94. The predicted molar refractivity (Wildman–Crippen MR) is 116 cm³/mol. The SMILES string of the molecule is CN=C(NCc1ccc(CN2CCOCC2)cc1)NCC(C)c1ccccc1. The zero-order valence-electron chi connectivity index (χ0n) is 17.0. The van der Waals surface area contributed by atoms with Gasteiger partial charge in [0.2, 0.25) is 0 Å². The molecular weight excluding hydrogens is 348 g/mol. The fourth-order valence-electron chi connectivity index (χ4n) is 3.34. The Balaban J connectivity index is 1.43. The monoisotopic (exact) mass is 380 g/mol. The van der Waals surface area contributed by atoms with Gasteiger partial charge in [-0.3, -0.25) is 9.89 Å². The molecular formula is C23H32N4O. The number of ether oxygens (including phenoxy) is 1. The van der Waals surface area contributed by atoms with Crippen molar-refractivity contribution < 1.29 is 4.74 Å². The van der Waals surface area contributed by atoms with Crippen molar-refractivity contribution in [3.8, 4) is 0 Å². The molecule has 1 aliphatic rings. The van der Waals surface area contributed by atoms with E-state index in [1.54, 1.807) is 0 Å². The average molecular weight is 381 g/mol.